The van der Waals surface area contributed by atoms with E-state index in [1.807, 2.05) is 30.3 Å². The largest absolute Gasteiger partial charge is 0.493 e. The molecular formula is C24H24N2O6S. The van der Waals surface area contributed by atoms with Crippen LogP contribution in [0.15, 0.2) is 53.4 Å². The van der Waals surface area contributed by atoms with Crippen molar-refractivity contribution < 1.29 is 28.6 Å². The van der Waals surface area contributed by atoms with Gasteiger partial charge in [0, 0.05) is 18.7 Å². The van der Waals surface area contributed by atoms with E-state index in [0.717, 1.165) is 22.2 Å². The summed E-state index contributed by atoms with van der Waals surface area (Å²) in [5.74, 6) is 0.222. The van der Waals surface area contributed by atoms with Crippen LogP contribution < -0.4 is 9.47 Å². The highest BCUT2D eigenvalue weighted by Gasteiger charge is 2.37. The summed E-state index contributed by atoms with van der Waals surface area (Å²) in [6.07, 6.45) is 1.60. The number of thioether (sulfide) groups is 1. The summed E-state index contributed by atoms with van der Waals surface area (Å²) < 4.78 is 16.7. The molecule has 0 atom stereocenters. The van der Waals surface area contributed by atoms with Gasteiger partial charge in [-0.25, -0.2) is 0 Å². The summed E-state index contributed by atoms with van der Waals surface area (Å²) >= 11 is 0.809. The number of para-hydroxylation sites is 1. The number of methoxy groups -OCH3 is 1. The topological polar surface area (TPSA) is 85.4 Å². The van der Waals surface area contributed by atoms with E-state index in [1.54, 1.807) is 36.3 Å². The van der Waals surface area contributed by atoms with Gasteiger partial charge in [0.15, 0.2) is 11.5 Å². The van der Waals surface area contributed by atoms with Crippen LogP contribution in [0.3, 0.4) is 0 Å². The van der Waals surface area contributed by atoms with Crippen LogP contribution in [-0.4, -0.2) is 66.8 Å². The molecule has 0 unspecified atom stereocenters. The van der Waals surface area contributed by atoms with E-state index in [4.69, 9.17) is 14.2 Å². The fourth-order valence-corrected chi connectivity index (χ4v) is 4.35. The Morgan fingerprint density at radius 2 is 1.85 bits per heavy atom. The van der Waals surface area contributed by atoms with Gasteiger partial charge < -0.3 is 19.1 Å². The van der Waals surface area contributed by atoms with Crippen molar-refractivity contribution in [3.8, 4) is 11.5 Å². The predicted molar refractivity (Wildman–Crippen MR) is 124 cm³/mol. The molecule has 2 heterocycles. The maximum Gasteiger partial charge on any atom is 0.294 e. The Hall–Kier alpha value is -3.30. The van der Waals surface area contributed by atoms with Crippen molar-refractivity contribution in [1.29, 1.82) is 0 Å². The predicted octanol–water partition coefficient (Wildman–Crippen LogP) is 3.17. The lowest BCUT2D eigenvalue weighted by molar-refractivity contribution is -0.139. The van der Waals surface area contributed by atoms with E-state index in [9.17, 15) is 14.4 Å². The van der Waals surface area contributed by atoms with Gasteiger partial charge in [-0.05, 0) is 29.5 Å². The smallest absolute Gasteiger partial charge is 0.294 e. The SMILES string of the molecule is COc1cccc(/C=C2\SC(=O)N(CC(=O)N3CCOCC3)C2=O)c1OCc1ccccc1. The number of rotatable bonds is 7. The van der Waals surface area contributed by atoms with Gasteiger partial charge in [0.2, 0.25) is 5.91 Å². The zero-order valence-corrected chi connectivity index (χ0v) is 19.0. The third-order valence-corrected chi connectivity index (χ3v) is 6.18. The lowest BCUT2D eigenvalue weighted by Crippen LogP contribution is -2.46. The van der Waals surface area contributed by atoms with Crippen molar-refractivity contribution in [2.75, 3.05) is 40.0 Å². The standard InChI is InChI=1S/C24H24N2O6S/c1-30-19-9-5-8-18(22(19)32-16-17-6-3-2-4-7-17)14-20-23(28)26(24(29)33-20)15-21(27)25-10-12-31-13-11-25/h2-9,14H,10-13,15-16H2,1H3/b20-14-. The van der Waals surface area contributed by atoms with Crippen LogP contribution in [0.4, 0.5) is 4.79 Å². The van der Waals surface area contributed by atoms with E-state index in [-0.39, 0.29) is 17.4 Å². The normalized spacial score (nSPS) is 17.5. The minimum Gasteiger partial charge on any atom is -0.493 e. The molecule has 3 amide bonds. The number of benzene rings is 2. The molecule has 2 aromatic carbocycles. The summed E-state index contributed by atoms with van der Waals surface area (Å²) in [4.78, 5) is 40.8. The number of nitrogens with zero attached hydrogens (tertiary/aromatic N) is 2. The second kappa shape index (κ2) is 10.5. The first-order chi connectivity index (χ1) is 16.1. The van der Waals surface area contributed by atoms with E-state index in [1.165, 1.54) is 0 Å². The first kappa shape index (κ1) is 22.9. The summed E-state index contributed by atoms with van der Waals surface area (Å²) in [7, 11) is 1.54. The van der Waals surface area contributed by atoms with Gasteiger partial charge in [0.1, 0.15) is 13.2 Å². The highest BCUT2D eigenvalue weighted by molar-refractivity contribution is 8.18. The Morgan fingerprint density at radius 1 is 1.09 bits per heavy atom. The van der Waals surface area contributed by atoms with Gasteiger partial charge >= 0.3 is 0 Å². The van der Waals surface area contributed by atoms with Gasteiger partial charge in [-0.15, -0.1) is 0 Å². The number of carbonyl (C=O) groups is 3. The average molecular weight is 469 g/mol. The van der Waals surface area contributed by atoms with Crippen LogP contribution >= 0.6 is 11.8 Å². The molecule has 0 spiro atoms. The second-order valence-corrected chi connectivity index (χ2v) is 8.41. The van der Waals surface area contributed by atoms with E-state index < -0.39 is 11.1 Å². The molecule has 9 heteroatoms. The summed E-state index contributed by atoms with van der Waals surface area (Å²) in [5.41, 5.74) is 1.59. The molecule has 4 rings (SSSR count). The van der Waals surface area contributed by atoms with Crippen LogP contribution in [-0.2, 0) is 20.9 Å². The van der Waals surface area contributed by atoms with Crippen molar-refractivity contribution in [3.63, 3.8) is 0 Å². The number of imide groups is 1. The molecule has 172 valence electrons. The molecule has 0 radical (unpaired) electrons. The van der Waals surface area contributed by atoms with Crippen LogP contribution in [0.2, 0.25) is 0 Å². The third kappa shape index (κ3) is 5.37. The molecule has 2 fully saturated rings. The van der Waals surface area contributed by atoms with Crippen LogP contribution in [0.1, 0.15) is 11.1 Å². The van der Waals surface area contributed by atoms with Gasteiger partial charge in [0.05, 0.1) is 25.2 Å². The molecule has 0 N–H and O–H groups in total. The third-order valence-electron chi connectivity index (χ3n) is 5.27. The number of amides is 3. The molecule has 2 aromatic rings. The molecule has 2 saturated heterocycles. The fourth-order valence-electron chi connectivity index (χ4n) is 3.52. The Bertz CT molecular complexity index is 1070. The monoisotopic (exact) mass is 468 g/mol. The van der Waals surface area contributed by atoms with Crippen LogP contribution in [0.25, 0.3) is 6.08 Å². The maximum atomic E-state index is 12.9. The van der Waals surface area contributed by atoms with Gasteiger partial charge in [-0.1, -0.05) is 42.5 Å². The number of morpholine rings is 1. The molecule has 0 bridgehead atoms. The van der Waals surface area contributed by atoms with E-state index >= 15 is 0 Å². The van der Waals surface area contributed by atoms with Crippen molar-refractivity contribution >= 4 is 34.9 Å². The zero-order chi connectivity index (χ0) is 23.2. The number of hydrogen-bond donors (Lipinski definition) is 0. The van der Waals surface area contributed by atoms with E-state index in [0.29, 0.717) is 50.0 Å². The molecule has 33 heavy (non-hydrogen) atoms. The lowest BCUT2D eigenvalue weighted by Gasteiger charge is -2.28. The Labute approximate surface area is 196 Å². The van der Waals surface area contributed by atoms with Crippen LogP contribution in [0, 0.1) is 0 Å². The minimum absolute atomic E-state index is 0.229. The highest BCUT2D eigenvalue weighted by atomic mass is 32.2. The van der Waals surface area contributed by atoms with E-state index in [2.05, 4.69) is 0 Å². The Morgan fingerprint density at radius 3 is 2.58 bits per heavy atom. The first-order valence-electron chi connectivity index (χ1n) is 10.5. The van der Waals surface area contributed by atoms with Crippen molar-refractivity contribution in [2.45, 2.75) is 6.61 Å². The first-order valence-corrected chi connectivity index (χ1v) is 11.3. The Kier molecular flexibility index (Phi) is 7.31. The zero-order valence-electron chi connectivity index (χ0n) is 18.2. The molecular weight excluding hydrogens is 444 g/mol. The number of carbonyl (C=O) groups excluding carboxylic acids is 3. The number of hydrogen-bond acceptors (Lipinski definition) is 7. The maximum absolute atomic E-state index is 12.9. The lowest BCUT2D eigenvalue weighted by atomic mass is 10.1. The van der Waals surface area contributed by atoms with Crippen LogP contribution in [0.5, 0.6) is 11.5 Å². The molecule has 8 nitrogen and oxygen atoms in total. The molecule has 0 aliphatic carbocycles. The average Bonchev–Trinajstić information content (AvgIpc) is 3.11. The van der Waals surface area contributed by atoms with Crippen molar-refractivity contribution in [2.24, 2.45) is 0 Å². The Balaban J connectivity index is 1.52. The molecule has 2 aliphatic heterocycles. The van der Waals surface area contributed by atoms with Crippen molar-refractivity contribution in [1.82, 2.24) is 9.80 Å². The fraction of sp³-hybridized carbons (Fsp3) is 0.292. The van der Waals surface area contributed by atoms with Gasteiger partial charge in [0.25, 0.3) is 11.1 Å². The number of ether oxygens (including phenoxy) is 3. The molecule has 2 aliphatic rings. The summed E-state index contributed by atoms with van der Waals surface area (Å²) in [6, 6.07) is 15.0. The summed E-state index contributed by atoms with van der Waals surface area (Å²) in [6.45, 7) is 1.85. The van der Waals surface area contributed by atoms with Gasteiger partial charge in [-0.3, -0.25) is 19.3 Å². The van der Waals surface area contributed by atoms with Crippen molar-refractivity contribution in [3.05, 3.63) is 64.6 Å². The summed E-state index contributed by atoms with van der Waals surface area (Å²) in [5, 5.41) is -0.470. The van der Waals surface area contributed by atoms with Gasteiger partial charge in [-0.2, -0.15) is 0 Å². The quantitative estimate of drug-likeness (QED) is 0.577. The minimum atomic E-state index is -0.497. The second-order valence-electron chi connectivity index (χ2n) is 7.41. The highest BCUT2D eigenvalue weighted by Crippen LogP contribution is 2.37. The molecule has 0 aromatic heterocycles. The molecule has 0 saturated carbocycles.